The van der Waals surface area contributed by atoms with E-state index in [-0.39, 0.29) is 34.2 Å². The van der Waals surface area contributed by atoms with Crippen LogP contribution >= 0.6 is 11.6 Å². The van der Waals surface area contributed by atoms with Crippen LogP contribution in [-0.4, -0.2) is 37.9 Å². The van der Waals surface area contributed by atoms with Crippen molar-refractivity contribution in [3.8, 4) is 0 Å². The summed E-state index contributed by atoms with van der Waals surface area (Å²) in [6.45, 7) is 4.40. The van der Waals surface area contributed by atoms with E-state index in [0.29, 0.717) is 23.5 Å². The lowest BCUT2D eigenvalue weighted by atomic mass is 10.1. The standard InChI is InChI=1S/C23H27ClN6O4S/c1-14(2)11-27-35(32,33)20-7-5-4-6-18(20)28-22-17(24)12-26-23(30-22)29-19-10-15(21(25)31)8-9-16(19)13-34-3/h4-10,12,14,27H,11,13H2,1-3H3,(H2,25,31)(H2,26,28,29,30). The van der Waals surface area contributed by atoms with Gasteiger partial charge < -0.3 is 21.1 Å². The Hall–Kier alpha value is -3.25. The Balaban J connectivity index is 1.93. The molecule has 186 valence electrons. The molecular formula is C23H27ClN6O4S. The van der Waals surface area contributed by atoms with Crippen LogP contribution < -0.4 is 21.1 Å². The zero-order chi connectivity index (χ0) is 25.6. The van der Waals surface area contributed by atoms with Gasteiger partial charge in [0.2, 0.25) is 21.9 Å². The first-order valence-corrected chi connectivity index (χ1v) is 12.5. The molecule has 0 spiro atoms. The molecule has 0 aliphatic carbocycles. The Bertz CT molecular complexity index is 1320. The number of nitrogens with zero attached hydrogens (tertiary/aromatic N) is 2. The van der Waals surface area contributed by atoms with Crippen molar-refractivity contribution in [3.05, 3.63) is 64.8 Å². The maximum absolute atomic E-state index is 12.8. The van der Waals surface area contributed by atoms with Crippen LogP contribution in [-0.2, 0) is 21.4 Å². The first-order chi connectivity index (χ1) is 16.6. The number of amides is 1. The molecular weight excluding hydrogens is 492 g/mol. The van der Waals surface area contributed by atoms with Crippen molar-refractivity contribution in [2.75, 3.05) is 24.3 Å². The van der Waals surface area contributed by atoms with E-state index in [4.69, 9.17) is 22.1 Å². The average molecular weight is 519 g/mol. The molecule has 12 heteroatoms. The van der Waals surface area contributed by atoms with E-state index in [9.17, 15) is 13.2 Å². The number of primary amides is 1. The van der Waals surface area contributed by atoms with Gasteiger partial charge in [0.05, 0.1) is 18.5 Å². The molecule has 0 bridgehead atoms. The van der Waals surface area contributed by atoms with Crippen molar-refractivity contribution in [1.82, 2.24) is 14.7 Å². The number of halogens is 1. The van der Waals surface area contributed by atoms with E-state index in [1.54, 1.807) is 43.5 Å². The fraction of sp³-hybridized carbons (Fsp3) is 0.261. The minimum Gasteiger partial charge on any atom is -0.380 e. The van der Waals surface area contributed by atoms with Crippen molar-refractivity contribution in [1.29, 1.82) is 0 Å². The van der Waals surface area contributed by atoms with Gasteiger partial charge in [-0.2, -0.15) is 4.98 Å². The summed E-state index contributed by atoms with van der Waals surface area (Å²) in [5.41, 5.74) is 7.28. The second kappa shape index (κ2) is 11.5. The van der Waals surface area contributed by atoms with Gasteiger partial charge in [-0.25, -0.2) is 18.1 Å². The number of sulfonamides is 1. The van der Waals surface area contributed by atoms with E-state index < -0.39 is 15.9 Å². The number of carbonyl (C=O) groups is 1. The number of benzene rings is 2. The first-order valence-electron chi connectivity index (χ1n) is 10.7. The van der Waals surface area contributed by atoms with Crippen molar-refractivity contribution >= 4 is 50.7 Å². The third kappa shape index (κ3) is 6.89. The maximum Gasteiger partial charge on any atom is 0.248 e. The minimum atomic E-state index is -3.77. The summed E-state index contributed by atoms with van der Waals surface area (Å²) in [7, 11) is -2.23. The molecule has 0 unspecified atom stereocenters. The van der Waals surface area contributed by atoms with Gasteiger partial charge in [-0.05, 0) is 30.2 Å². The number of anilines is 4. The Labute approximate surface area is 209 Å². The molecule has 0 radical (unpaired) electrons. The summed E-state index contributed by atoms with van der Waals surface area (Å²) >= 11 is 6.30. The first kappa shape index (κ1) is 26.4. The molecule has 2 aromatic carbocycles. The molecule has 3 aromatic rings. The maximum atomic E-state index is 12.8. The molecule has 1 aromatic heterocycles. The lowest BCUT2D eigenvalue weighted by Crippen LogP contribution is -2.28. The number of ether oxygens (including phenoxy) is 1. The topological polar surface area (TPSA) is 148 Å². The highest BCUT2D eigenvalue weighted by Gasteiger charge is 2.20. The highest BCUT2D eigenvalue weighted by Crippen LogP contribution is 2.29. The Morgan fingerprint density at radius 2 is 1.89 bits per heavy atom. The monoisotopic (exact) mass is 518 g/mol. The van der Waals surface area contributed by atoms with E-state index in [2.05, 4.69) is 25.3 Å². The molecule has 1 heterocycles. The van der Waals surface area contributed by atoms with Crippen LogP contribution in [0.15, 0.2) is 53.6 Å². The number of carbonyl (C=O) groups excluding carboxylic acids is 1. The lowest BCUT2D eigenvalue weighted by molar-refractivity contribution is 0.1000. The highest BCUT2D eigenvalue weighted by atomic mass is 35.5. The van der Waals surface area contributed by atoms with Crippen LogP contribution in [0.3, 0.4) is 0 Å². The molecule has 0 aliphatic heterocycles. The van der Waals surface area contributed by atoms with Gasteiger partial charge in [-0.1, -0.05) is 43.6 Å². The van der Waals surface area contributed by atoms with Crippen LogP contribution in [0.5, 0.6) is 0 Å². The van der Waals surface area contributed by atoms with Crippen LogP contribution in [0.4, 0.5) is 23.1 Å². The molecule has 1 amide bonds. The zero-order valence-corrected chi connectivity index (χ0v) is 21.1. The number of rotatable bonds is 11. The largest absolute Gasteiger partial charge is 0.380 e. The Kier molecular flexibility index (Phi) is 8.62. The fourth-order valence-corrected chi connectivity index (χ4v) is 4.56. The predicted molar refractivity (Wildman–Crippen MR) is 136 cm³/mol. The van der Waals surface area contributed by atoms with Crippen LogP contribution in [0.1, 0.15) is 29.8 Å². The van der Waals surface area contributed by atoms with Crippen molar-refractivity contribution in [2.24, 2.45) is 11.7 Å². The molecule has 0 aliphatic rings. The van der Waals surface area contributed by atoms with Crippen LogP contribution in [0.25, 0.3) is 0 Å². The summed E-state index contributed by atoms with van der Waals surface area (Å²) in [6, 6.07) is 11.3. The number of hydrogen-bond acceptors (Lipinski definition) is 8. The van der Waals surface area contributed by atoms with Gasteiger partial charge in [0, 0.05) is 30.5 Å². The lowest BCUT2D eigenvalue weighted by Gasteiger charge is -2.16. The molecule has 3 rings (SSSR count). The normalized spacial score (nSPS) is 11.5. The molecule has 0 atom stereocenters. The van der Waals surface area contributed by atoms with Gasteiger partial charge in [0.25, 0.3) is 0 Å². The third-order valence-corrected chi connectivity index (χ3v) is 6.55. The van der Waals surface area contributed by atoms with Crippen molar-refractivity contribution < 1.29 is 17.9 Å². The van der Waals surface area contributed by atoms with Crippen LogP contribution in [0, 0.1) is 5.92 Å². The number of nitrogens with one attached hydrogen (secondary N) is 3. The summed E-state index contributed by atoms with van der Waals surface area (Å²) < 4.78 is 33.5. The fourth-order valence-electron chi connectivity index (χ4n) is 3.05. The number of hydrogen-bond donors (Lipinski definition) is 4. The van der Waals surface area contributed by atoms with Crippen molar-refractivity contribution in [3.63, 3.8) is 0 Å². The smallest absolute Gasteiger partial charge is 0.248 e. The molecule has 35 heavy (non-hydrogen) atoms. The number of aromatic nitrogens is 2. The molecule has 0 saturated heterocycles. The van der Waals surface area contributed by atoms with Gasteiger partial charge in [0.1, 0.15) is 9.92 Å². The van der Waals surface area contributed by atoms with Crippen LogP contribution in [0.2, 0.25) is 5.02 Å². The minimum absolute atomic E-state index is 0.0568. The summed E-state index contributed by atoms with van der Waals surface area (Å²) in [6.07, 6.45) is 1.38. The third-order valence-electron chi connectivity index (χ3n) is 4.80. The van der Waals surface area contributed by atoms with Gasteiger partial charge in [-0.3, -0.25) is 4.79 Å². The van der Waals surface area contributed by atoms with Gasteiger partial charge in [0.15, 0.2) is 5.82 Å². The Morgan fingerprint density at radius 3 is 2.57 bits per heavy atom. The molecule has 0 saturated carbocycles. The SMILES string of the molecule is COCc1ccc(C(N)=O)cc1Nc1ncc(Cl)c(Nc2ccccc2S(=O)(=O)NCC(C)C)n1. The van der Waals surface area contributed by atoms with Gasteiger partial charge in [-0.15, -0.1) is 0 Å². The van der Waals surface area contributed by atoms with Gasteiger partial charge >= 0.3 is 0 Å². The summed E-state index contributed by atoms with van der Waals surface area (Å²) in [4.78, 5) is 20.3. The quantitative estimate of drug-likeness (QED) is 0.299. The highest BCUT2D eigenvalue weighted by molar-refractivity contribution is 7.89. The summed E-state index contributed by atoms with van der Waals surface area (Å²) in [5, 5.41) is 6.21. The second-order valence-corrected chi connectivity index (χ2v) is 10.2. The Morgan fingerprint density at radius 1 is 1.14 bits per heavy atom. The number of methoxy groups -OCH3 is 1. The van der Waals surface area contributed by atoms with Crippen molar-refractivity contribution in [2.45, 2.75) is 25.3 Å². The molecule has 0 fully saturated rings. The zero-order valence-electron chi connectivity index (χ0n) is 19.5. The molecule has 5 N–H and O–H groups in total. The second-order valence-electron chi connectivity index (χ2n) is 8.05. The summed E-state index contributed by atoms with van der Waals surface area (Å²) in [5.74, 6) is -0.0876. The number of nitrogens with two attached hydrogens (primary N) is 1. The molecule has 10 nitrogen and oxygen atoms in total. The van der Waals surface area contributed by atoms with E-state index in [1.807, 2.05) is 13.8 Å². The van der Waals surface area contributed by atoms with E-state index >= 15 is 0 Å². The average Bonchev–Trinajstić information content (AvgIpc) is 2.81. The number of para-hydroxylation sites is 1. The van der Waals surface area contributed by atoms with E-state index in [1.165, 1.54) is 12.3 Å². The predicted octanol–water partition coefficient (Wildman–Crippen LogP) is 3.80. The van der Waals surface area contributed by atoms with E-state index in [0.717, 1.165) is 5.56 Å².